The highest BCUT2D eigenvalue weighted by Crippen LogP contribution is 2.39. The van der Waals surface area contributed by atoms with Gasteiger partial charge in [0.05, 0.1) is 30.4 Å². The Kier molecular flexibility index (Phi) is 7.89. The average Bonchev–Trinajstić information content (AvgIpc) is 3.42. The summed E-state index contributed by atoms with van der Waals surface area (Å²) in [6, 6.07) is 15.8. The first kappa shape index (κ1) is 29.8. The highest BCUT2D eigenvalue weighted by atomic mass is 32.2. The smallest absolute Gasteiger partial charge is 0.267 e. The minimum atomic E-state index is -3.99. The number of rotatable bonds is 8. The van der Waals surface area contributed by atoms with Crippen molar-refractivity contribution < 1.29 is 22.7 Å². The Hall–Kier alpha value is -4.29. The van der Waals surface area contributed by atoms with Crippen molar-refractivity contribution in [1.29, 1.82) is 0 Å². The molecule has 0 bridgehead atoms. The minimum Gasteiger partial charge on any atom is -0.470 e. The van der Waals surface area contributed by atoms with Crippen LogP contribution in [0.15, 0.2) is 65.8 Å². The molecule has 0 aliphatic carbocycles. The summed E-state index contributed by atoms with van der Waals surface area (Å²) in [7, 11) is -2.35. The number of aromatic nitrogens is 4. The van der Waals surface area contributed by atoms with E-state index in [9.17, 15) is 13.2 Å². The van der Waals surface area contributed by atoms with E-state index in [1.807, 2.05) is 62.1 Å². The third kappa shape index (κ3) is 5.79. The summed E-state index contributed by atoms with van der Waals surface area (Å²) in [5.74, 6) is 0.185. The largest absolute Gasteiger partial charge is 0.470 e. The van der Waals surface area contributed by atoms with E-state index in [2.05, 4.69) is 25.9 Å². The number of nitrogens with zero attached hydrogens (tertiary/aromatic N) is 5. The molecule has 0 radical (unpaired) electrons. The number of amides is 1. The van der Waals surface area contributed by atoms with Gasteiger partial charge in [-0.2, -0.15) is 10.1 Å². The van der Waals surface area contributed by atoms with Crippen LogP contribution in [0.2, 0.25) is 0 Å². The molecule has 0 atom stereocenters. The van der Waals surface area contributed by atoms with E-state index in [-0.39, 0.29) is 28.7 Å². The van der Waals surface area contributed by atoms with Crippen LogP contribution in [-0.4, -0.2) is 71.4 Å². The van der Waals surface area contributed by atoms with Gasteiger partial charge in [-0.05, 0) is 50.3 Å². The van der Waals surface area contributed by atoms with Crippen LogP contribution in [0.1, 0.15) is 35.1 Å². The zero-order valence-electron chi connectivity index (χ0n) is 25.3. The Balaban J connectivity index is 1.25. The Labute approximate surface area is 257 Å². The Bertz CT molecular complexity index is 1790. The monoisotopic (exact) mass is 616 g/mol. The van der Waals surface area contributed by atoms with Gasteiger partial charge in [0.2, 0.25) is 17.7 Å². The van der Waals surface area contributed by atoms with Crippen LogP contribution in [0.3, 0.4) is 0 Å². The third-order valence-corrected chi connectivity index (χ3v) is 9.69. The van der Waals surface area contributed by atoms with Crippen molar-refractivity contribution in [3.05, 3.63) is 83.2 Å². The van der Waals surface area contributed by atoms with Crippen molar-refractivity contribution in [1.82, 2.24) is 24.6 Å². The number of hydrogen-bond donors (Lipinski definition) is 1. The molecule has 2 aliphatic heterocycles. The number of sulfonamides is 1. The molecule has 4 aromatic rings. The molecule has 12 heteroatoms. The van der Waals surface area contributed by atoms with Crippen LogP contribution in [-0.2, 0) is 32.0 Å². The molecule has 44 heavy (non-hydrogen) atoms. The fraction of sp³-hybridized carbons (Fsp3) is 0.375. The van der Waals surface area contributed by atoms with Crippen LogP contribution in [0.25, 0.3) is 11.3 Å². The highest BCUT2D eigenvalue weighted by Gasteiger charge is 2.47. The molecule has 4 heterocycles. The first-order valence-corrected chi connectivity index (χ1v) is 16.1. The maximum absolute atomic E-state index is 14.0. The SMILES string of the molecule is Cc1cccc(C2(C(=O)N3CC(Oc4cc(-c5c(C)cccc5C)nc(NS(=O)(=O)c5cnn(C)c5)n4)C3)CCOCC2)c1. The number of aryl methyl sites for hydroxylation is 4. The minimum absolute atomic E-state index is 0.00709. The van der Waals surface area contributed by atoms with Crippen molar-refractivity contribution in [3.63, 3.8) is 0 Å². The number of likely N-dealkylation sites (tertiary alicyclic amines) is 1. The molecule has 6 rings (SSSR count). The van der Waals surface area contributed by atoms with Gasteiger partial charge in [-0.15, -0.1) is 0 Å². The standard InChI is InChI=1S/C32H36N6O5S/c1-21-7-5-10-24(15-21)32(11-13-42-14-12-32)30(39)38-18-25(19-38)43-28-16-27(29-22(2)8-6-9-23(29)3)34-31(35-28)36-44(40,41)26-17-33-37(4)20-26/h5-10,15-17,20,25H,11-14,18-19H2,1-4H3,(H,34,35,36). The van der Waals surface area contributed by atoms with E-state index in [1.54, 1.807) is 13.1 Å². The van der Waals surface area contributed by atoms with Gasteiger partial charge in [0.1, 0.15) is 11.0 Å². The molecule has 0 unspecified atom stereocenters. The molecule has 2 aromatic heterocycles. The maximum Gasteiger partial charge on any atom is 0.267 e. The summed E-state index contributed by atoms with van der Waals surface area (Å²) in [4.78, 5) is 24.8. The molecule has 2 saturated heterocycles. The van der Waals surface area contributed by atoms with Crippen molar-refractivity contribution >= 4 is 21.9 Å². The predicted molar refractivity (Wildman–Crippen MR) is 165 cm³/mol. The van der Waals surface area contributed by atoms with E-state index in [0.717, 1.165) is 27.8 Å². The number of carbonyl (C=O) groups is 1. The van der Waals surface area contributed by atoms with Crippen molar-refractivity contribution in [2.75, 3.05) is 31.0 Å². The molecule has 2 aromatic carbocycles. The normalized spacial score (nSPS) is 16.8. The van der Waals surface area contributed by atoms with Gasteiger partial charge in [0, 0.05) is 38.1 Å². The van der Waals surface area contributed by atoms with E-state index in [1.165, 1.54) is 17.1 Å². The zero-order valence-corrected chi connectivity index (χ0v) is 26.1. The third-order valence-electron chi connectivity index (χ3n) is 8.41. The lowest BCUT2D eigenvalue weighted by Gasteiger charge is -2.46. The molecule has 1 N–H and O–H groups in total. The zero-order chi connectivity index (χ0) is 31.1. The van der Waals surface area contributed by atoms with E-state index >= 15 is 0 Å². The highest BCUT2D eigenvalue weighted by molar-refractivity contribution is 7.92. The molecule has 11 nitrogen and oxygen atoms in total. The first-order valence-electron chi connectivity index (χ1n) is 14.6. The van der Waals surface area contributed by atoms with E-state index in [4.69, 9.17) is 9.47 Å². The van der Waals surface area contributed by atoms with Crippen LogP contribution in [0, 0.1) is 20.8 Å². The molecular weight excluding hydrogens is 580 g/mol. The lowest BCUT2D eigenvalue weighted by Crippen LogP contribution is -2.61. The summed E-state index contributed by atoms with van der Waals surface area (Å²) >= 11 is 0. The van der Waals surface area contributed by atoms with Crippen LogP contribution >= 0.6 is 0 Å². The summed E-state index contributed by atoms with van der Waals surface area (Å²) in [5.41, 5.74) is 4.87. The summed E-state index contributed by atoms with van der Waals surface area (Å²) < 4.78 is 42.0. The van der Waals surface area contributed by atoms with Gasteiger partial charge in [0.15, 0.2) is 0 Å². The molecule has 0 spiro atoms. The quantitative estimate of drug-likeness (QED) is 0.315. The topological polar surface area (TPSA) is 129 Å². The van der Waals surface area contributed by atoms with Gasteiger partial charge in [0.25, 0.3) is 10.0 Å². The van der Waals surface area contributed by atoms with Gasteiger partial charge >= 0.3 is 0 Å². The average molecular weight is 617 g/mol. The Morgan fingerprint density at radius 1 is 1.02 bits per heavy atom. The van der Waals surface area contributed by atoms with Crippen molar-refractivity contribution in [3.8, 4) is 17.1 Å². The van der Waals surface area contributed by atoms with Gasteiger partial charge in [-0.1, -0.05) is 48.0 Å². The number of nitrogens with one attached hydrogen (secondary N) is 1. The van der Waals surface area contributed by atoms with Gasteiger partial charge < -0.3 is 14.4 Å². The maximum atomic E-state index is 14.0. The number of carbonyl (C=O) groups excluding carboxylic acids is 1. The van der Waals surface area contributed by atoms with Crippen molar-refractivity contribution in [2.45, 2.75) is 50.0 Å². The van der Waals surface area contributed by atoms with E-state index in [0.29, 0.717) is 44.8 Å². The molecule has 2 aliphatic rings. The molecule has 2 fully saturated rings. The lowest BCUT2D eigenvalue weighted by molar-refractivity contribution is -0.150. The second kappa shape index (κ2) is 11.7. The second-order valence-corrected chi connectivity index (χ2v) is 13.3. The summed E-state index contributed by atoms with van der Waals surface area (Å²) in [6.45, 7) is 7.84. The van der Waals surface area contributed by atoms with Gasteiger partial charge in [-0.25, -0.2) is 18.1 Å². The predicted octanol–water partition coefficient (Wildman–Crippen LogP) is 3.94. The molecule has 0 saturated carbocycles. The number of benzene rings is 2. The van der Waals surface area contributed by atoms with Crippen molar-refractivity contribution in [2.24, 2.45) is 7.05 Å². The fourth-order valence-electron chi connectivity index (χ4n) is 6.03. The van der Waals surface area contributed by atoms with Crippen LogP contribution in [0.5, 0.6) is 5.88 Å². The second-order valence-electron chi connectivity index (χ2n) is 11.7. The number of ether oxygens (including phenoxy) is 2. The van der Waals surface area contributed by atoms with Crippen LogP contribution < -0.4 is 9.46 Å². The summed E-state index contributed by atoms with van der Waals surface area (Å²) in [5, 5.41) is 3.96. The Morgan fingerprint density at radius 2 is 1.73 bits per heavy atom. The molecular formula is C32H36N6O5S. The van der Waals surface area contributed by atoms with Crippen LogP contribution in [0.4, 0.5) is 5.95 Å². The summed E-state index contributed by atoms with van der Waals surface area (Å²) in [6.07, 6.45) is 3.61. The van der Waals surface area contributed by atoms with E-state index < -0.39 is 15.4 Å². The molecule has 230 valence electrons. The first-order chi connectivity index (χ1) is 21.0. The molecule has 1 amide bonds. The van der Waals surface area contributed by atoms with Gasteiger partial charge in [-0.3, -0.25) is 9.48 Å². The lowest BCUT2D eigenvalue weighted by atomic mass is 9.72. The fourth-order valence-corrected chi connectivity index (χ4v) is 6.96. The Morgan fingerprint density at radius 3 is 2.39 bits per heavy atom. The number of hydrogen-bond acceptors (Lipinski definition) is 8. The number of anilines is 1.